The maximum atomic E-state index is 12.2. The van der Waals surface area contributed by atoms with E-state index in [1.807, 2.05) is 0 Å². The van der Waals surface area contributed by atoms with E-state index in [2.05, 4.69) is 6.92 Å². The van der Waals surface area contributed by atoms with Gasteiger partial charge in [0.15, 0.2) is 0 Å². The third-order valence-electron chi connectivity index (χ3n) is 5.79. The molecule has 2 unspecified atom stereocenters. The van der Waals surface area contributed by atoms with Gasteiger partial charge < -0.3 is 14.2 Å². The van der Waals surface area contributed by atoms with Gasteiger partial charge in [0.1, 0.15) is 5.78 Å². The molecule has 3 aliphatic rings. The maximum absolute atomic E-state index is 12.2. The molecule has 0 aromatic carbocycles. The van der Waals surface area contributed by atoms with E-state index in [-0.39, 0.29) is 17.6 Å². The summed E-state index contributed by atoms with van der Waals surface area (Å²) in [5.74, 6) is 0.958. The fourth-order valence-corrected chi connectivity index (χ4v) is 4.63. The van der Waals surface area contributed by atoms with Crippen LogP contribution in [-0.4, -0.2) is 44.9 Å². The van der Waals surface area contributed by atoms with Gasteiger partial charge >= 0.3 is 0 Å². The number of Topliss-reactive ketones (excluding diaryl/α,β-unsaturated/α-hetero) is 1. The molecule has 4 heteroatoms. The first-order chi connectivity index (χ1) is 10.6. The first kappa shape index (κ1) is 16.2. The molecule has 2 aliphatic carbocycles. The summed E-state index contributed by atoms with van der Waals surface area (Å²) in [6, 6.07) is 0. The van der Waals surface area contributed by atoms with Crippen LogP contribution in [0.5, 0.6) is 0 Å². The van der Waals surface area contributed by atoms with Gasteiger partial charge in [0.2, 0.25) is 0 Å². The van der Waals surface area contributed by atoms with E-state index in [0.717, 1.165) is 38.5 Å². The van der Waals surface area contributed by atoms with Crippen molar-refractivity contribution in [2.45, 2.75) is 57.2 Å². The zero-order valence-electron chi connectivity index (χ0n) is 14.0. The molecule has 0 aromatic rings. The molecule has 1 heterocycles. The van der Waals surface area contributed by atoms with Crippen molar-refractivity contribution in [3.05, 3.63) is 11.1 Å². The van der Waals surface area contributed by atoms with Crippen LogP contribution >= 0.6 is 0 Å². The highest BCUT2D eigenvalue weighted by atomic mass is 16.5. The van der Waals surface area contributed by atoms with Crippen LogP contribution in [0.2, 0.25) is 0 Å². The summed E-state index contributed by atoms with van der Waals surface area (Å²) in [4.78, 5) is 12.2. The number of hydrogen-bond acceptors (Lipinski definition) is 4. The summed E-state index contributed by atoms with van der Waals surface area (Å²) in [5, 5.41) is 0. The third-order valence-corrected chi connectivity index (χ3v) is 5.79. The molecule has 0 radical (unpaired) electrons. The Labute approximate surface area is 133 Å². The zero-order chi connectivity index (χ0) is 15.7. The van der Waals surface area contributed by atoms with Gasteiger partial charge in [0, 0.05) is 26.6 Å². The van der Waals surface area contributed by atoms with E-state index < -0.39 is 0 Å². The Balaban J connectivity index is 1.84. The van der Waals surface area contributed by atoms with E-state index in [1.54, 1.807) is 14.2 Å². The molecule has 0 bridgehead atoms. The minimum atomic E-state index is -0.149. The number of methoxy groups -OCH3 is 2. The number of ether oxygens (including phenoxy) is 3. The molecule has 0 N–H and O–H groups in total. The SMILES string of the molecule is COCC1=C(COC)C[C@]2(C)OC3CCCC(=O)C3C[C@@H]2C1. The van der Waals surface area contributed by atoms with Crippen LogP contribution in [0.15, 0.2) is 11.1 Å². The molecule has 1 aliphatic heterocycles. The first-order valence-electron chi connectivity index (χ1n) is 8.45. The van der Waals surface area contributed by atoms with Gasteiger partial charge in [0.05, 0.1) is 24.9 Å². The normalized spacial score (nSPS) is 38.7. The molecule has 1 saturated carbocycles. The van der Waals surface area contributed by atoms with Crippen LogP contribution in [0.3, 0.4) is 0 Å². The number of carbonyl (C=O) groups excluding carboxylic acids is 1. The van der Waals surface area contributed by atoms with E-state index in [0.29, 0.717) is 24.9 Å². The van der Waals surface area contributed by atoms with Gasteiger partial charge in [-0.1, -0.05) is 0 Å². The van der Waals surface area contributed by atoms with Crippen molar-refractivity contribution in [2.75, 3.05) is 27.4 Å². The molecule has 22 heavy (non-hydrogen) atoms. The smallest absolute Gasteiger partial charge is 0.138 e. The molecular formula is C18H28O4. The molecule has 4 nitrogen and oxygen atoms in total. The van der Waals surface area contributed by atoms with Gasteiger partial charge in [-0.25, -0.2) is 0 Å². The lowest BCUT2D eigenvalue weighted by atomic mass is 9.65. The van der Waals surface area contributed by atoms with Crippen LogP contribution in [-0.2, 0) is 19.0 Å². The topological polar surface area (TPSA) is 44.8 Å². The summed E-state index contributed by atoms with van der Waals surface area (Å²) in [6.07, 6.45) is 5.75. The molecule has 124 valence electrons. The summed E-state index contributed by atoms with van der Waals surface area (Å²) in [5.41, 5.74) is 2.52. The summed E-state index contributed by atoms with van der Waals surface area (Å²) >= 11 is 0. The lowest BCUT2D eigenvalue weighted by molar-refractivity contribution is -0.191. The number of hydrogen-bond donors (Lipinski definition) is 0. The quantitative estimate of drug-likeness (QED) is 0.749. The van der Waals surface area contributed by atoms with Gasteiger partial charge in [-0.15, -0.1) is 0 Å². The van der Waals surface area contributed by atoms with E-state index in [1.165, 1.54) is 11.1 Å². The minimum absolute atomic E-state index is 0.125. The fourth-order valence-electron chi connectivity index (χ4n) is 4.63. The van der Waals surface area contributed by atoms with Crippen molar-refractivity contribution in [3.63, 3.8) is 0 Å². The molecule has 1 saturated heterocycles. The predicted octanol–water partition coefficient (Wildman–Crippen LogP) is 2.90. The number of carbonyl (C=O) groups is 1. The van der Waals surface area contributed by atoms with E-state index in [9.17, 15) is 4.79 Å². The van der Waals surface area contributed by atoms with Gasteiger partial charge in [-0.2, -0.15) is 0 Å². The highest BCUT2D eigenvalue weighted by molar-refractivity contribution is 5.82. The standard InChI is InChI=1S/C18H28O4/c1-18-9-13(11-21-3)12(10-20-2)7-14(18)8-15-16(19)5-4-6-17(15)22-18/h14-15,17H,4-11H2,1-3H3/t14-,15?,17?,18-/m0/s1. The van der Waals surface area contributed by atoms with E-state index in [4.69, 9.17) is 14.2 Å². The fraction of sp³-hybridized carbons (Fsp3) is 0.833. The molecule has 0 spiro atoms. The second-order valence-electron chi connectivity index (χ2n) is 7.32. The lowest BCUT2D eigenvalue weighted by Gasteiger charge is -2.52. The summed E-state index contributed by atoms with van der Waals surface area (Å²) < 4.78 is 17.3. The molecule has 0 aromatic heterocycles. The highest BCUT2D eigenvalue weighted by Crippen LogP contribution is 2.50. The van der Waals surface area contributed by atoms with Crippen LogP contribution in [0.25, 0.3) is 0 Å². The average Bonchev–Trinajstić information content (AvgIpc) is 2.47. The van der Waals surface area contributed by atoms with Crippen LogP contribution in [0, 0.1) is 11.8 Å². The first-order valence-corrected chi connectivity index (χ1v) is 8.45. The minimum Gasteiger partial charge on any atom is -0.380 e. The Hall–Kier alpha value is -0.710. The highest BCUT2D eigenvalue weighted by Gasteiger charge is 2.50. The molecule has 0 amide bonds. The predicted molar refractivity (Wildman–Crippen MR) is 83.7 cm³/mol. The van der Waals surface area contributed by atoms with Crippen molar-refractivity contribution in [2.24, 2.45) is 11.8 Å². The van der Waals surface area contributed by atoms with Crippen molar-refractivity contribution in [3.8, 4) is 0 Å². The largest absolute Gasteiger partial charge is 0.380 e. The molecule has 4 atom stereocenters. The zero-order valence-corrected chi connectivity index (χ0v) is 14.0. The maximum Gasteiger partial charge on any atom is 0.138 e. The Morgan fingerprint density at radius 1 is 1.23 bits per heavy atom. The van der Waals surface area contributed by atoms with Gasteiger partial charge in [-0.3, -0.25) is 4.79 Å². The van der Waals surface area contributed by atoms with Crippen LogP contribution in [0.4, 0.5) is 0 Å². The van der Waals surface area contributed by atoms with Crippen molar-refractivity contribution in [1.29, 1.82) is 0 Å². The second-order valence-corrected chi connectivity index (χ2v) is 7.32. The van der Waals surface area contributed by atoms with Crippen molar-refractivity contribution in [1.82, 2.24) is 0 Å². The Morgan fingerprint density at radius 2 is 1.95 bits per heavy atom. The molecule has 2 fully saturated rings. The summed E-state index contributed by atoms with van der Waals surface area (Å²) in [6.45, 7) is 3.54. The Kier molecular flexibility index (Phi) is 4.72. The van der Waals surface area contributed by atoms with Crippen LogP contribution < -0.4 is 0 Å². The van der Waals surface area contributed by atoms with Crippen molar-refractivity contribution < 1.29 is 19.0 Å². The molecule has 3 rings (SSSR count). The summed E-state index contributed by atoms with van der Waals surface area (Å²) in [7, 11) is 3.48. The molecular weight excluding hydrogens is 280 g/mol. The van der Waals surface area contributed by atoms with E-state index >= 15 is 0 Å². The number of ketones is 1. The average molecular weight is 308 g/mol. The van der Waals surface area contributed by atoms with Gasteiger partial charge in [0.25, 0.3) is 0 Å². The Bertz CT molecular complexity index is 470. The van der Waals surface area contributed by atoms with Gasteiger partial charge in [-0.05, 0) is 56.1 Å². The number of fused-ring (bicyclic) bond motifs is 2. The second kappa shape index (κ2) is 6.42. The Morgan fingerprint density at radius 3 is 2.68 bits per heavy atom. The third kappa shape index (κ3) is 2.89. The van der Waals surface area contributed by atoms with Crippen molar-refractivity contribution >= 4 is 5.78 Å². The number of rotatable bonds is 4. The monoisotopic (exact) mass is 308 g/mol. The lowest BCUT2D eigenvalue weighted by Crippen LogP contribution is -2.54. The van der Waals surface area contributed by atoms with Crippen LogP contribution in [0.1, 0.15) is 45.4 Å².